The second-order valence-electron chi connectivity index (χ2n) is 5.84. The monoisotopic (exact) mass is 275 g/mol. The first-order valence-corrected chi connectivity index (χ1v) is 7.54. The lowest BCUT2D eigenvalue weighted by Gasteiger charge is -2.30. The van der Waals surface area contributed by atoms with Crippen molar-refractivity contribution in [3.63, 3.8) is 0 Å². The molecule has 1 aromatic heterocycles. The molecule has 2 N–H and O–H groups in total. The Kier molecular flexibility index (Phi) is 3.28. The first-order chi connectivity index (χ1) is 9.66. The number of halogens is 1. The van der Waals surface area contributed by atoms with E-state index in [0.717, 1.165) is 37.0 Å². The maximum Gasteiger partial charge on any atom is 0.151 e. The minimum absolute atomic E-state index is 0.145. The molecule has 1 aromatic carbocycles. The fraction of sp³-hybridized carbons (Fsp3) is 0.562. The van der Waals surface area contributed by atoms with Gasteiger partial charge in [0, 0.05) is 18.0 Å². The van der Waals surface area contributed by atoms with Gasteiger partial charge in [-0.05, 0) is 37.8 Å². The van der Waals surface area contributed by atoms with E-state index in [1.54, 1.807) is 6.07 Å². The molecule has 108 valence electrons. The summed E-state index contributed by atoms with van der Waals surface area (Å²) in [7, 11) is 0. The lowest BCUT2D eigenvalue weighted by molar-refractivity contribution is 0.367. The molecule has 0 amide bonds. The second-order valence-corrected chi connectivity index (χ2v) is 5.84. The molecule has 0 unspecified atom stereocenters. The number of fused-ring (bicyclic) bond motifs is 1. The van der Waals surface area contributed by atoms with Gasteiger partial charge in [0.25, 0.3) is 0 Å². The van der Waals surface area contributed by atoms with Gasteiger partial charge in [-0.2, -0.15) is 0 Å². The molecule has 1 aliphatic carbocycles. The van der Waals surface area contributed by atoms with Crippen molar-refractivity contribution < 1.29 is 4.39 Å². The van der Waals surface area contributed by atoms with Gasteiger partial charge < -0.3 is 10.3 Å². The van der Waals surface area contributed by atoms with Crippen molar-refractivity contribution in [3.05, 3.63) is 29.8 Å². The molecular weight excluding hydrogens is 253 g/mol. The minimum Gasteiger partial charge on any atom is -0.329 e. The van der Waals surface area contributed by atoms with Crippen LogP contribution in [0.3, 0.4) is 0 Å². The van der Waals surface area contributed by atoms with Crippen LogP contribution in [0.25, 0.3) is 11.0 Å². The van der Waals surface area contributed by atoms with Crippen molar-refractivity contribution in [2.75, 3.05) is 6.54 Å². The lowest BCUT2D eigenvalue weighted by Crippen LogP contribution is -2.36. The van der Waals surface area contributed by atoms with E-state index in [-0.39, 0.29) is 11.2 Å². The van der Waals surface area contributed by atoms with Gasteiger partial charge in [0.15, 0.2) is 5.82 Å². The average molecular weight is 275 g/mol. The molecule has 2 aromatic rings. The smallest absolute Gasteiger partial charge is 0.151 e. The number of benzene rings is 1. The maximum atomic E-state index is 14.1. The van der Waals surface area contributed by atoms with Crippen LogP contribution in [-0.2, 0) is 5.41 Å². The molecule has 0 atom stereocenters. The van der Waals surface area contributed by atoms with Crippen molar-refractivity contribution in [1.82, 2.24) is 9.55 Å². The van der Waals surface area contributed by atoms with Gasteiger partial charge in [-0.1, -0.05) is 19.9 Å². The number of hydrogen-bond donors (Lipinski definition) is 1. The number of aromatic nitrogens is 2. The van der Waals surface area contributed by atoms with Crippen LogP contribution in [0.5, 0.6) is 0 Å². The summed E-state index contributed by atoms with van der Waals surface area (Å²) < 4.78 is 16.3. The number of imidazole rings is 1. The molecular formula is C16H22FN3. The van der Waals surface area contributed by atoms with Crippen LogP contribution in [0.1, 0.15) is 51.4 Å². The molecule has 0 saturated heterocycles. The Morgan fingerprint density at radius 2 is 2.05 bits per heavy atom. The Morgan fingerprint density at radius 1 is 1.35 bits per heavy atom. The Morgan fingerprint density at radius 3 is 2.60 bits per heavy atom. The summed E-state index contributed by atoms with van der Waals surface area (Å²) in [6, 6.07) is 5.70. The highest BCUT2D eigenvalue weighted by Gasteiger charge is 2.37. The second kappa shape index (κ2) is 4.85. The van der Waals surface area contributed by atoms with Crippen LogP contribution in [-0.4, -0.2) is 16.1 Å². The summed E-state index contributed by atoms with van der Waals surface area (Å²) in [6.45, 7) is 4.84. The van der Waals surface area contributed by atoms with E-state index in [4.69, 9.17) is 5.73 Å². The van der Waals surface area contributed by atoms with E-state index < -0.39 is 0 Å². The topological polar surface area (TPSA) is 43.8 Å². The number of nitrogens with two attached hydrogens (primary N) is 1. The molecule has 1 heterocycles. The van der Waals surface area contributed by atoms with E-state index in [0.29, 0.717) is 18.1 Å². The van der Waals surface area contributed by atoms with E-state index in [9.17, 15) is 4.39 Å². The average Bonchev–Trinajstić information content (AvgIpc) is 3.23. The van der Waals surface area contributed by atoms with Crippen molar-refractivity contribution >= 4 is 11.0 Å². The van der Waals surface area contributed by atoms with Gasteiger partial charge in [-0.25, -0.2) is 9.37 Å². The standard InChI is InChI=1S/C16H22FN3/c1-3-16(4-2,10-18)15-19-14-12(17)6-5-7-13(14)20(15)11-8-9-11/h5-7,11H,3-4,8-10,18H2,1-2H3. The summed E-state index contributed by atoms with van der Waals surface area (Å²) in [5.74, 6) is 0.744. The van der Waals surface area contributed by atoms with Crippen LogP contribution in [0, 0.1) is 5.82 Å². The third-order valence-corrected chi connectivity index (χ3v) is 4.80. The van der Waals surface area contributed by atoms with Crippen LogP contribution in [0.4, 0.5) is 4.39 Å². The number of hydrogen-bond acceptors (Lipinski definition) is 2. The van der Waals surface area contributed by atoms with Crippen molar-refractivity contribution in [3.8, 4) is 0 Å². The summed E-state index contributed by atoms with van der Waals surface area (Å²) in [5.41, 5.74) is 7.33. The predicted octanol–water partition coefficient (Wildman–Crippen LogP) is 3.53. The van der Waals surface area contributed by atoms with Crippen molar-refractivity contribution in [1.29, 1.82) is 0 Å². The molecule has 3 rings (SSSR count). The van der Waals surface area contributed by atoms with E-state index in [1.807, 2.05) is 6.07 Å². The first-order valence-electron chi connectivity index (χ1n) is 7.54. The largest absolute Gasteiger partial charge is 0.329 e. The Balaban J connectivity index is 2.29. The predicted molar refractivity (Wildman–Crippen MR) is 79.3 cm³/mol. The van der Waals surface area contributed by atoms with E-state index in [2.05, 4.69) is 23.4 Å². The summed E-state index contributed by atoms with van der Waals surface area (Å²) in [6.07, 6.45) is 4.17. The highest BCUT2D eigenvalue weighted by Crippen LogP contribution is 2.43. The van der Waals surface area contributed by atoms with Gasteiger partial charge >= 0.3 is 0 Å². The molecule has 1 saturated carbocycles. The number of rotatable bonds is 5. The molecule has 20 heavy (non-hydrogen) atoms. The molecule has 1 aliphatic rings. The van der Waals surface area contributed by atoms with Gasteiger partial charge in [0.2, 0.25) is 0 Å². The highest BCUT2D eigenvalue weighted by molar-refractivity contribution is 5.77. The highest BCUT2D eigenvalue weighted by atomic mass is 19.1. The number of para-hydroxylation sites is 1. The maximum absolute atomic E-state index is 14.1. The zero-order valence-corrected chi connectivity index (χ0v) is 12.2. The normalized spacial score (nSPS) is 16.0. The molecule has 0 spiro atoms. The molecule has 0 bridgehead atoms. The molecule has 0 aliphatic heterocycles. The third kappa shape index (κ3) is 1.85. The lowest BCUT2D eigenvalue weighted by atomic mass is 9.81. The summed E-state index contributed by atoms with van der Waals surface area (Å²) in [4.78, 5) is 4.67. The van der Waals surface area contributed by atoms with Gasteiger partial charge in [-0.3, -0.25) is 0 Å². The van der Waals surface area contributed by atoms with Gasteiger partial charge in [0.05, 0.1) is 5.52 Å². The SMILES string of the molecule is CCC(CC)(CN)c1nc2c(F)cccc2n1C1CC1. The number of nitrogens with zero attached hydrogens (tertiary/aromatic N) is 2. The van der Waals surface area contributed by atoms with Crippen molar-refractivity contribution in [2.45, 2.75) is 51.0 Å². The summed E-state index contributed by atoms with van der Waals surface area (Å²) in [5, 5.41) is 0. The van der Waals surface area contributed by atoms with Crippen LogP contribution >= 0.6 is 0 Å². The van der Waals surface area contributed by atoms with Crippen LogP contribution in [0.15, 0.2) is 18.2 Å². The van der Waals surface area contributed by atoms with Crippen LogP contribution in [0.2, 0.25) is 0 Å². The zero-order valence-electron chi connectivity index (χ0n) is 12.2. The summed E-state index contributed by atoms with van der Waals surface area (Å²) >= 11 is 0. The van der Waals surface area contributed by atoms with E-state index in [1.165, 1.54) is 6.07 Å². The quantitative estimate of drug-likeness (QED) is 0.907. The molecule has 1 fully saturated rings. The van der Waals surface area contributed by atoms with Crippen LogP contribution < -0.4 is 5.73 Å². The van der Waals surface area contributed by atoms with Gasteiger partial charge in [-0.15, -0.1) is 0 Å². The fourth-order valence-electron chi connectivity index (χ4n) is 3.11. The fourth-order valence-corrected chi connectivity index (χ4v) is 3.11. The minimum atomic E-state index is -0.235. The zero-order chi connectivity index (χ0) is 14.3. The van der Waals surface area contributed by atoms with Crippen molar-refractivity contribution in [2.24, 2.45) is 5.73 Å². The molecule has 0 radical (unpaired) electrons. The third-order valence-electron chi connectivity index (χ3n) is 4.80. The first kappa shape index (κ1) is 13.6. The van der Waals surface area contributed by atoms with E-state index >= 15 is 0 Å². The Hall–Kier alpha value is -1.42. The molecule has 3 nitrogen and oxygen atoms in total. The Bertz CT molecular complexity index is 616. The van der Waals surface area contributed by atoms with Gasteiger partial charge in [0.1, 0.15) is 11.3 Å². The Labute approximate surface area is 119 Å². The molecule has 4 heteroatoms.